The maximum Gasteiger partial charge on any atom is 0.269 e. The number of fused-ring (bicyclic) bond motifs is 1. The molecule has 8 nitrogen and oxygen atoms in total. The van der Waals surface area contributed by atoms with E-state index >= 15 is 0 Å². The smallest absolute Gasteiger partial charge is 0.269 e. The predicted octanol–water partition coefficient (Wildman–Crippen LogP) is 5.25. The molecule has 1 amide bonds. The van der Waals surface area contributed by atoms with Crippen LogP contribution in [0.2, 0.25) is 0 Å². The van der Waals surface area contributed by atoms with Crippen molar-refractivity contribution in [1.82, 2.24) is 0 Å². The van der Waals surface area contributed by atoms with Crippen LogP contribution < -0.4 is 14.8 Å². The summed E-state index contributed by atoms with van der Waals surface area (Å²) in [5.41, 5.74) is 3.17. The van der Waals surface area contributed by atoms with Crippen molar-refractivity contribution in [3.05, 3.63) is 88.0 Å². The minimum atomic E-state index is -0.688. The van der Waals surface area contributed by atoms with Crippen molar-refractivity contribution < 1.29 is 19.2 Å². The van der Waals surface area contributed by atoms with E-state index < -0.39 is 10.8 Å². The summed E-state index contributed by atoms with van der Waals surface area (Å²) >= 11 is 0. The summed E-state index contributed by atoms with van der Waals surface area (Å²) < 4.78 is 11.5. The Bertz CT molecular complexity index is 1210. The van der Waals surface area contributed by atoms with Gasteiger partial charge in [-0.05, 0) is 43.2 Å². The molecule has 1 unspecified atom stereocenters. The summed E-state index contributed by atoms with van der Waals surface area (Å²) in [6.45, 7) is 4.68. The molecule has 3 aromatic carbocycles. The van der Waals surface area contributed by atoms with E-state index in [0.29, 0.717) is 41.8 Å². The lowest BCUT2D eigenvalue weighted by atomic mass is 9.90. The highest BCUT2D eigenvalue weighted by Crippen LogP contribution is 2.43. The number of non-ortho nitro benzene ring substituents is 1. The van der Waals surface area contributed by atoms with Crippen LogP contribution in [-0.2, 0) is 4.79 Å². The number of carbonyl (C=O) groups excluding carboxylic acids is 1. The number of ether oxygens (including phenoxy) is 2. The molecular formula is C25H23N3O5. The first kappa shape index (κ1) is 22.0. The number of anilines is 1. The van der Waals surface area contributed by atoms with E-state index in [9.17, 15) is 14.9 Å². The second kappa shape index (κ2) is 9.52. The van der Waals surface area contributed by atoms with Gasteiger partial charge >= 0.3 is 0 Å². The molecule has 0 saturated heterocycles. The molecule has 0 saturated carbocycles. The van der Waals surface area contributed by atoms with E-state index in [1.54, 1.807) is 18.2 Å². The fourth-order valence-corrected chi connectivity index (χ4v) is 3.77. The Balaban J connectivity index is 1.84. The van der Waals surface area contributed by atoms with Gasteiger partial charge in [-0.1, -0.05) is 30.3 Å². The van der Waals surface area contributed by atoms with Crippen molar-refractivity contribution >= 4 is 28.7 Å². The van der Waals surface area contributed by atoms with Gasteiger partial charge in [-0.25, -0.2) is 0 Å². The lowest BCUT2D eigenvalue weighted by molar-refractivity contribution is -0.384. The molecule has 0 fully saturated rings. The number of nitro groups is 1. The predicted molar refractivity (Wildman–Crippen MR) is 126 cm³/mol. The number of nitrogens with zero attached hydrogens (tertiary/aromatic N) is 2. The van der Waals surface area contributed by atoms with Crippen LogP contribution in [-0.4, -0.2) is 29.8 Å². The van der Waals surface area contributed by atoms with Crippen LogP contribution in [0.4, 0.5) is 17.1 Å². The zero-order valence-corrected chi connectivity index (χ0v) is 18.3. The third-order valence-corrected chi connectivity index (χ3v) is 5.20. The Morgan fingerprint density at radius 2 is 1.64 bits per heavy atom. The summed E-state index contributed by atoms with van der Waals surface area (Å²) in [6, 6.07) is 18.9. The van der Waals surface area contributed by atoms with Gasteiger partial charge in [-0.3, -0.25) is 19.9 Å². The van der Waals surface area contributed by atoms with Crippen molar-refractivity contribution in [2.24, 2.45) is 4.99 Å². The number of benzene rings is 3. The monoisotopic (exact) mass is 445 g/mol. The second-order valence-corrected chi connectivity index (χ2v) is 7.31. The van der Waals surface area contributed by atoms with E-state index in [2.05, 4.69) is 5.32 Å². The van der Waals surface area contributed by atoms with Crippen LogP contribution in [0.5, 0.6) is 11.5 Å². The minimum Gasteiger partial charge on any atom is -0.490 e. The maximum atomic E-state index is 13.2. The summed E-state index contributed by atoms with van der Waals surface area (Å²) in [7, 11) is 0. The molecule has 0 aliphatic carbocycles. The number of rotatable bonds is 8. The normalized spacial score (nSPS) is 15.0. The van der Waals surface area contributed by atoms with Gasteiger partial charge in [-0.2, -0.15) is 0 Å². The zero-order valence-electron chi connectivity index (χ0n) is 18.3. The van der Waals surface area contributed by atoms with E-state index in [0.717, 1.165) is 11.1 Å². The molecule has 3 aromatic rings. The van der Waals surface area contributed by atoms with Crippen molar-refractivity contribution in [2.75, 3.05) is 18.5 Å². The molecule has 8 heteroatoms. The molecular weight excluding hydrogens is 422 g/mol. The third-order valence-electron chi connectivity index (χ3n) is 5.20. The number of nitro benzene ring substituents is 1. The molecule has 4 rings (SSSR count). The Morgan fingerprint density at radius 1 is 1.00 bits per heavy atom. The fraction of sp³-hybridized carbons (Fsp3) is 0.200. The SMILES string of the molecule is CCOc1cc2c(cc1OCC)C(C(=Nc1ccc([N+](=O)[O-])cc1)c1ccccc1)C(=O)N2. The van der Waals surface area contributed by atoms with Crippen LogP contribution in [0.15, 0.2) is 71.7 Å². The van der Waals surface area contributed by atoms with Crippen molar-refractivity contribution in [3.8, 4) is 11.5 Å². The molecule has 1 N–H and O–H groups in total. The van der Waals surface area contributed by atoms with Crippen LogP contribution in [0, 0.1) is 10.1 Å². The molecule has 1 atom stereocenters. The highest BCUT2D eigenvalue weighted by molar-refractivity contribution is 6.24. The Hall–Kier alpha value is -4.20. The average molecular weight is 445 g/mol. The summed E-state index contributed by atoms with van der Waals surface area (Å²) in [5, 5.41) is 13.9. The molecule has 33 heavy (non-hydrogen) atoms. The number of aliphatic imine (C=N–C) groups is 1. The standard InChI is InChI=1S/C25H23N3O5/c1-3-32-21-14-19-20(15-22(21)33-4-2)27-25(29)23(19)24(16-8-6-5-7-9-16)26-17-10-12-18(13-11-17)28(30)31/h5-15,23H,3-4H2,1-2H3,(H,27,29). The van der Waals surface area contributed by atoms with E-state index in [4.69, 9.17) is 14.5 Å². The summed E-state index contributed by atoms with van der Waals surface area (Å²) in [5.74, 6) is 0.216. The maximum absolute atomic E-state index is 13.2. The van der Waals surface area contributed by atoms with Gasteiger partial charge in [-0.15, -0.1) is 0 Å². The van der Waals surface area contributed by atoms with Gasteiger partial charge in [0.15, 0.2) is 11.5 Å². The van der Waals surface area contributed by atoms with Crippen LogP contribution in [0.1, 0.15) is 30.9 Å². The van der Waals surface area contributed by atoms with Crippen molar-refractivity contribution in [1.29, 1.82) is 0 Å². The Labute approximate surface area is 191 Å². The molecule has 0 spiro atoms. The molecule has 0 radical (unpaired) electrons. The molecule has 1 aliphatic rings. The lowest BCUT2D eigenvalue weighted by Crippen LogP contribution is -2.22. The number of carbonyl (C=O) groups is 1. The molecule has 0 aromatic heterocycles. The summed E-state index contributed by atoms with van der Waals surface area (Å²) in [6.07, 6.45) is 0. The quantitative estimate of drug-likeness (QED) is 0.290. The van der Waals surface area contributed by atoms with E-state index in [-0.39, 0.29) is 11.6 Å². The molecule has 0 bridgehead atoms. The van der Waals surface area contributed by atoms with Gasteiger partial charge in [0.25, 0.3) is 5.69 Å². The third kappa shape index (κ3) is 4.55. The van der Waals surface area contributed by atoms with Gasteiger partial charge in [0.1, 0.15) is 5.92 Å². The molecule has 1 heterocycles. The van der Waals surface area contributed by atoms with Gasteiger partial charge in [0, 0.05) is 23.9 Å². The molecule has 168 valence electrons. The fourth-order valence-electron chi connectivity index (χ4n) is 3.77. The lowest BCUT2D eigenvalue weighted by Gasteiger charge is -2.16. The topological polar surface area (TPSA) is 103 Å². The number of nitrogens with one attached hydrogen (secondary N) is 1. The van der Waals surface area contributed by atoms with Gasteiger partial charge in [0.2, 0.25) is 5.91 Å². The first-order valence-corrected chi connectivity index (χ1v) is 10.6. The van der Waals surface area contributed by atoms with Crippen LogP contribution in [0.25, 0.3) is 0 Å². The largest absolute Gasteiger partial charge is 0.490 e. The van der Waals surface area contributed by atoms with E-state index in [1.807, 2.05) is 50.2 Å². The second-order valence-electron chi connectivity index (χ2n) is 7.31. The first-order valence-electron chi connectivity index (χ1n) is 10.6. The zero-order chi connectivity index (χ0) is 23.4. The van der Waals surface area contributed by atoms with Gasteiger partial charge < -0.3 is 14.8 Å². The highest BCUT2D eigenvalue weighted by Gasteiger charge is 2.36. The number of hydrogen-bond acceptors (Lipinski definition) is 6. The first-order chi connectivity index (χ1) is 16.0. The molecule has 1 aliphatic heterocycles. The van der Waals surface area contributed by atoms with Crippen LogP contribution >= 0.6 is 0 Å². The van der Waals surface area contributed by atoms with Crippen molar-refractivity contribution in [3.63, 3.8) is 0 Å². The highest BCUT2D eigenvalue weighted by atomic mass is 16.6. The summed E-state index contributed by atoms with van der Waals surface area (Å²) in [4.78, 5) is 28.4. The van der Waals surface area contributed by atoms with E-state index in [1.165, 1.54) is 12.1 Å². The Morgan fingerprint density at radius 3 is 2.24 bits per heavy atom. The Kier molecular flexibility index (Phi) is 6.35. The average Bonchev–Trinajstić information content (AvgIpc) is 3.13. The number of amides is 1. The minimum absolute atomic E-state index is 0.0241. The van der Waals surface area contributed by atoms with Crippen LogP contribution in [0.3, 0.4) is 0 Å². The number of hydrogen-bond donors (Lipinski definition) is 1. The van der Waals surface area contributed by atoms with Gasteiger partial charge in [0.05, 0.1) is 29.5 Å². The van der Waals surface area contributed by atoms with Crippen molar-refractivity contribution in [2.45, 2.75) is 19.8 Å².